The van der Waals surface area contributed by atoms with Crippen molar-refractivity contribution in [3.8, 4) is 5.75 Å². The van der Waals surface area contributed by atoms with Gasteiger partial charge < -0.3 is 9.84 Å². The number of carboxylic acids is 1. The van der Waals surface area contributed by atoms with Crippen LogP contribution in [0.15, 0.2) is 18.2 Å². The highest BCUT2D eigenvalue weighted by Crippen LogP contribution is 2.17. The smallest absolute Gasteiger partial charge is 0.340 e. The number of benzene rings is 1. The van der Waals surface area contributed by atoms with Gasteiger partial charge in [-0.1, -0.05) is 26.0 Å². The first-order valence-electron chi connectivity index (χ1n) is 4.48. The van der Waals surface area contributed by atoms with Crippen LogP contribution in [0.25, 0.3) is 0 Å². The molecule has 14 heavy (non-hydrogen) atoms. The van der Waals surface area contributed by atoms with E-state index in [4.69, 9.17) is 9.84 Å². The maximum atomic E-state index is 10.8. The SMILES string of the molecule is CC(C)COc1ccc[c]c1C(=O)O. The third-order valence-electron chi connectivity index (χ3n) is 1.60. The molecule has 0 aliphatic rings. The number of hydrogen-bond donors (Lipinski definition) is 1. The summed E-state index contributed by atoms with van der Waals surface area (Å²) in [4.78, 5) is 10.8. The number of hydrogen-bond acceptors (Lipinski definition) is 2. The van der Waals surface area contributed by atoms with Crippen molar-refractivity contribution < 1.29 is 14.6 Å². The zero-order valence-electron chi connectivity index (χ0n) is 8.28. The summed E-state index contributed by atoms with van der Waals surface area (Å²) < 4.78 is 5.35. The second-order valence-corrected chi connectivity index (χ2v) is 3.42. The molecule has 0 unspecified atom stereocenters. The van der Waals surface area contributed by atoms with Gasteiger partial charge in [0.25, 0.3) is 0 Å². The Morgan fingerprint density at radius 2 is 2.36 bits per heavy atom. The van der Waals surface area contributed by atoms with Gasteiger partial charge in [-0.2, -0.15) is 0 Å². The minimum atomic E-state index is -1.01. The number of carboxylic acid groups (broad SMARTS) is 1. The zero-order valence-corrected chi connectivity index (χ0v) is 8.28. The fourth-order valence-electron chi connectivity index (χ4n) is 0.965. The quantitative estimate of drug-likeness (QED) is 0.797. The predicted octanol–water partition coefficient (Wildman–Crippen LogP) is 2.22. The molecule has 0 amide bonds. The van der Waals surface area contributed by atoms with E-state index < -0.39 is 5.97 Å². The van der Waals surface area contributed by atoms with Crippen LogP contribution in [-0.4, -0.2) is 17.7 Å². The second kappa shape index (κ2) is 4.65. The van der Waals surface area contributed by atoms with Crippen molar-refractivity contribution in [1.82, 2.24) is 0 Å². The zero-order chi connectivity index (χ0) is 10.6. The Morgan fingerprint density at radius 1 is 1.64 bits per heavy atom. The van der Waals surface area contributed by atoms with Crippen molar-refractivity contribution in [1.29, 1.82) is 0 Å². The average Bonchev–Trinajstić information content (AvgIpc) is 2.15. The standard InChI is InChI=1S/C11H13O3/c1-8(2)7-14-10-6-4-3-5-9(10)11(12)13/h3-4,6,8H,7H2,1-2H3,(H,12,13). The third-order valence-corrected chi connectivity index (χ3v) is 1.60. The molecule has 0 atom stereocenters. The van der Waals surface area contributed by atoms with Gasteiger partial charge in [0, 0.05) is 6.07 Å². The highest BCUT2D eigenvalue weighted by molar-refractivity contribution is 5.90. The molecule has 0 fully saturated rings. The summed E-state index contributed by atoms with van der Waals surface area (Å²) in [5.41, 5.74) is 0.0909. The molecule has 1 N–H and O–H groups in total. The molecule has 1 radical (unpaired) electrons. The van der Waals surface area contributed by atoms with Crippen LogP contribution in [0.1, 0.15) is 24.2 Å². The molecule has 0 aliphatic carbocycles. The van der Waals surface area contributed by atoms with Crippen molar-refractivity contribution in [2.45, 2.75) is 13.8 Å². The Balaban J connectivity index is 2.79. The maximum absolute atomic E-state index is 10.8. The van der Waals surface area contributed by atoms with Gasteiger partial charge in [-0.3, -0.25) is 0 Å². The molecular weight excluding hydrogens is 180 g/mol. The minimum absolute atomic E-state index is 0.0909. The van der Waals surface area contributed by atoms with Crippen LogP contribution in [0.5, 0.6) is 5.75 Å². The Labute approximate surface area is 83.3 Å². The maximum Gasteiger partial charge on any atom is 0.340 e. The Hall–Kier alpha value is -1.51. The molecule has 0 bridgehead atoms. The van der Waals surface area contributed by atoms with Crippen LogP contribution in [0.2, 0.25) is 0 Å². The van der Waals surface area contributed by atoms with Crippen molar-refractivity contribution in [2.24, 2.45) is 5.92 Å². The van der Waals surface area contributed by atoms with Crippen LogP contribution >= 0.6 is 0 Å². The summed E-state index contributed by atoms with van der Waals surface area (Å²) in [6.45, 7) is 4.53. The molecule has 0 aliphatic heterocycles. The lowest BCUT2D eigenvalue weighted by Crippen LogP contribution is -2.08. The predicted molar refractivity (Wildman–Crippen MR) is 52.6 cm³/mol. The fourth-order valence-corrected chi connectivity index (χ4v) is 0.965. The molecule has 0 saturated heterocycles. The van der Waals surface area contributed by atoms with Gasteiger partial charge in [-0.25, -0.2) is 4.79 Å². The molecule has 0 aromatic heterocycles. The topological polar surface area (TPSA) is 46.5 Å². The van der Waals surface area contributed by atoms with Crippen molar-refractivity contribution >= 4 is 5.97 Å². The van der Waals surface area contributed by atoms with E-state index in [-0.39, 0.29) is 5.56 Å². The summed E-state index contributed by atoms with van der Waals surface area (Å²) in [6.07, 6.45) is 0. The van der Waals surface area contributed by atoms with Gasteiger partial charge in [-0.05, 0) is 12.0 Å². The van der Waals surface area contributed by atoms with Crippen molar-refractivity contribution in [3.05, 3.63) is 29.8 Å². The summed E-state index contributed by atoms with van der Waals surface area (Å²) in [5.74, 6) is -0.255. The number of rotatable bonds is 4. The fraction of sp³-hybridized carbons (Fsp3) is 0.364. The van der Waals surface area contributed by atoms with Crippen LogP contribution in [0.4, 0.5) is 0 Å². The van der Waals surface area contributed by atoms with E-state index in [1.807, 2.05) is 13.8 Å². The normalized spacial score (nSPS) is 10.2. The van der Waals surface area contributed by atoms with Crippen LogP contribution < -0.4 is 4.74 Å². The summed E-state index contributed by atoms with van der Waals surface area (Å²) in [7, 11) is 0. The summed E-state index contributed by atoms with van der Waals surface area (Å²) in [5, 5.41) is 8.82. The first-order chi connectivity index (χ1) is 6.61. The van der Waals surface area contributed by atoms with Crippen LogP contribution in [0, 0.1) is 12.0 Å². The van der Waals surface area contributed by atoms with Gasteiger partial charge >= 0.3 is 5.97 Å². The Kier molecular flexibility index (Phi) is 3.51. The Morgan fingerprint density at radius 3 is 2.93 bits per heavy atom. The molecule has 75 valence electrons. The lowest BCUT2D eigenvalue weighted by atomic mass is 10.2. The van der Waals surface area contributed by atoms with E-state index in [1.165, 1.54) is 0 Å². The van der Waals surface area contributed by atoms with E-state index in [2.05, 4.69) is 6.07 Å². The van der Waals surface area contributed by atoms with Crippen molar-refractivity contribution in [2.75, 3.05) is 6.61 Å². The van der Waals surface area contributed by atoms with E-state index in [0.29, 0.717) is 18.3 Å². The van der Waals surface area contributed by atoms with E-state index >= 15 is 0 Å². The molecule has 3 heteroatoms. The van der Waals surface area contributed by atoms with E-state index in [0.717, 1.165) is 0 Å². The summed E-state index contributed by atoms with van der Waals surface area (Å²) in [6, 6.07) is 7.55. The molecular formula is C11H13O3. The first kappa shape index (κ1) is 10.6. The van der Waals surface area contributed by atoms with E-state index in [1.54, 1.807) is 18.2 Å². The summed E-state index contributed by atoms with van der Waals surface area (Å²) >= 11 is 0. The number of carbonyl (C=O) groups is 1. The van der Waals surface area contributed by atoms with Gasteiger partial charge in [0.1, 0.15) is 11.3 Å². The minimum Gasteiger partial charge on any atom is -0.492 e. The van der Waals surface area contributed by atoms with E-state index in [9.17, 15) is 4.79 Å². The monoisotopic (exact) mass is 193 g/mol. The Bertz CT molecular complexity index is 318. The first-order valence-corrected chi connectivity index (χ1v) is 4.48. The van der Waals surface area contributed by atoms with Gasteiger partial charge in [0.05, 0.1) is 6.61 Å². The van der Waals surface area contributed by atoms with Crippen LogP contribution in [-0.2, 0) is 0 Å². The van der Waals surface area contributed by atoms with Crippen LogP contribution in [0.3, 0.4) is 0 Å². The second-order valence-electron chi connectivity index (χ2n) is 3.42. The molecule has 0 heterocycles. The van der Waals surface area contributed by atoms with Gasteiger partial charge in [0.2, 0.25) is 0 Å². The highest BCUT2D eigenvalue weighted by Gasteiger charge is 2.10. The molecule has 0 saturated carbocycles. The largest absolute Gasteiger partial charge is 0.492 e. The molecule has 1 rings (SSSR count). The van der Waals surface area contributed by atoms with Gasteiger partial charge in [0.15, 0.2) is 0 Å². The molecule has 1 aromatic carbocycles. The number of aromatic carboxylic acids is 1. The molecule has 0 spiro atoms. The number of ether oxygens (including phenoxy) is 1. The molecule has 3 nitrogen and oxygen atoms in total. The van der Waals surface area contributed by atoms with Crippen molar-refractivity contribution in [3.63, 3.8) is 0 Å². The lowest BCUT2D eigenvalue weighted by molar-refractivity contribution is 0.0691. The van der Waals surface area contributed by atoms with Gasteiger partial charge in [-0.15, -0.1) is 0 Å². The highest BCUT2D eigenvalue weighted by atomic mass is 16.5. The lowest BCUT2D eigenvalue weighted by Gasteiger charge is -2.10. The average molecular weight is 193 g/mol. The third kappa shape index (κ3) is 2.76. The molecule has 1 aromatic rings.